The van der Waals surface area contributed by atoms with Gasteiger partial charge in [-0.15, -0.1) is 0 Å². The summed E-state index contributed by atoms with van der Waals surface area (Å²) in [6.07, 6.45) is 0. The van der Waals surface area contributed by atoms with Crippen LogP contribution in [0, 0.1) is 5.82 Å². The molecule has 1 rings (SSSR count). The third-order valence-electron chi connectivity index (χ3n) is 1.53. The zero-order valence-electron chi connectivity index (χ0n) is 7.40. The summed E-state index contributed by atoms with van der Waals surface area (Å²) >= 11 is 3.27. The van der Waals surface area contributed by atoms with Crippen molar-refractivity contribution in [3.63, 3.8) is 0 Å². The van der Waals surface area contributed by atoms with Gasteiger partial charge in [-0.2, -0.15) is 0 Å². The zero-order chi connectivity index (χ0) is 9.84. The minimum Gasteiger partial charge on any atom is -0.378 e. The van der Waals surface area contributed by atoms with E-state index < -0.39 is 0 Å². The fourth-order valence-electron chi connectivity index (χ4n) is 0.906. The van der Waals surface area contributed by atoms with Gasteiger partial charge in [-0.3, -0.25) is 0 Å². The van der Waals surface area contributed by atoms with Crippen molar-refractivity contribution in [1.29, 1.82) is 0 Å². The van der Waals surface area contributed by atoms with E-state index in [0.717, 1.165) is 10.0 Å². The summed E-state index contributed by atoms with van der Waals surface area (Å²) < 4.78 is 13.9. The SMILES string of the molecule is C=C(C)CNc1c(F)cccc1Br. The monoisotopic (exact) mass is 243 g/mol. The van der Waals surface area contributed by atoms with Gasteiger partial charge in [-0.1, -0.05) is 18.2 Å². The number of hydrogen-bond acceptors (Lipinski definition) is 1. The van der Waals surface area contributed by atoms with Crippen LogP contribution >= 0.6 is 15.9 Å². The normalized spacial score (nSPS) is 9.77. The van der Waals surface area contributed by atoms with Crippen LogP contribution in [-0.2, 0) is 0 Å². The molecule has 0 bridgehead atoms. The van der Waals surface area contributed by atoms with Gasteiger partial charge in [0.25, 0.3) is 0 Å². The van der Waals surface area contributed by atoms with Crippen molar-refractivity contribution in [1.82, 2.24) is 0 Å². The predicted octanol–water partition coefficient (Wildman–Crippen LogP) is 3.58. The summed E-state index contributed by atoms with van der Waals surface area (Å²) in [5, 5.41) is 2.96. The van der Waals surface area contributed by atoms with Gasteiger partial charge in [0.2, 0.25) is 0 Å². The quantitative estimate of drug-likeness (QED) is 0.801. The molecule has 0 spiro atoms. The van der Waals surface area contributed by atoms with Crippen LogP contribution in [0.2, 0.25) is 0 Å². The van der Waals surface area contributed by atoms with Gasteiger partial charge in [-0.05, 0) is 35.0 Å². The molecule has 3 heteroatoms. The van der Waals surface area contributed by atoms with Crippen molar-refractivity contribution in [3.8, 4) is 0 Å². The molecule has 0 fully saturated rings. The van der Waals surface area contributed by atoms with E-state index in [1.165, 1.54) is 6.07 Å². The summed E-state index contributed by atoms with van der Waals surface area (Å²) in [4.78, 5) is 0. The lowest BCUT2D eigenvalue weighted by Gasteiger charge is -2.08. The molecule has 1 aromatic carbocycles. The van der Waals surface area contributed by atoms with Crippen molar-refractivity contribution in [2.75, 3.05) is 11.9 Å². The molecule has 0 aliphatic carbocycles. The Bertz CT molecular complexity index is 302. The van der Waals surface area contributed by atoms with E-state index in [1.54, 1.807) is 12.1 Å². The number of hydrogen-bond donors (Lipinski definition) is 1. The molecule has 0 aliphatic rings. The Morgan fingerprint density at radius 2 is 2.31 bits per heavy atom. The third kappa shape index (κ3) is 2.84. The van der Waals surface area contributed by atoms with Crippen LogP contribution in [0.1, 0.15) is 6.92 Å². The highest BCUT2D eigenvalue weighted by atomic mass is 79.9. The van der Waals surface area contributed by atoms with Crippen molar-refractivity contribution in [3.05, 3.63) is 40.6 Å². The van der Waals surface area contributed by atoms with Gasteiger partial charge >= 0.3 is 0 Å². The molecule has 0 aromatic heterocycles. The number of nitrogens with one attached hydrogen (secondary N) is 1. The fraction of sp³-hybridized carbons (Fsp3) is 0.200. The minimum absolute atomic E-state index is 0.254. The second kappa shape index (κ2) is 4.42. The molecule has 1 aromatic rings. The fourth-order valence-corrected chi connectivity index (χ4v) is 1.39. The van der Waals surface area contributed by atoms with Crippen molar-refractivity contribution < 1.29 is 4.39 Å². The van der Waals surface area contributed by atoms with Crippen molar-refractivity contribution in [2.45, 2.75) is 6.92 Å². The first kappa shape index (κ1) is 10.3. The lowest BCUT2D eigenvalue weighted by molar-refractivity contribution is 0.630. The Balaban J connectivity index is 2.81. The molecule has 0 amide bonds. The number of halogens is 2. The Morgan fingerprint density at radius 1 is 1.62 bits per heavy atom. The molecule has 0 saturated heterocycles. The smallest absolute Gasteiger partial charge is 0.147 e. The highest BCUT2D eigenvalue weighted by Crippen LogP contribution is 2.24. The molecular formula is C10H11BrFN. The molecule has 1 nitrogen and oxygen atoms in total. The van der Waals surface area contributed by atoms with Crippen molar-refractivity contribution >= 4 is 21.6 Å². The van der Waals surface area contributed by atoms with Gasteiger partial charge in [0, 0.05) is 11.0 Å². The molecule has 0 radical (unpaired) electrons. The van der Waals surface area contributed by atoms with E-state index in [4.69, 9.17) is 0 Å². The van der Waals surface area contributed by atoms with E-state index in [9.17, 15) is 4.39 Å². The maximum atomic E-state index is 13.2. The predicted molar refractivity (Wildman–Crippen MR) is 57.4 cm³/mol. The number of benzene rings is 1. The topological polar surface area (TPSA) is 12.0 Å². The zero-order valence-corrected chi connectivity index (χ0v) is 8.99. The maximum absolute atomic E-state index is 13.2. The van der Waals surface area contributed by atoms with Crippen LogP contribution < -0.4 is 5.32 Å². The summed E-state index contributed by atoms with van der Waals surface area (Å²) in [6.45, 7) is 6.20. The van der Waals surface area contributed by atoms with Crippen LogP contribution in [0.15, 0.2) is 34.8 Å². The molecular weight excluding hydrogens is 233 g/mol. The third-order valence-corrected chi connectivity index (χ3v) is 2.19. The summed E-state index contributed by atoms with van der Waals surface area (Å²) in [6, 6.07) is 4.88. The Kier molecular flexibility index (Phi) is 3.48. The summed E-state index contributed by atoms with van der Waals surface area (Å²) in [7, 11) is 0. The summed E-state index contributed by atoms with van der Waals surface area (Å²) in [5.74, 6) is -0.254. The molecule has 0 atom stereocenters. The minimum atomic E-state index is -0.254. The molecule has 0 saturated carbocycles. The number of anilines is 1. The first-order valence-corrected chi connectivity index (χ1v) is 4.73. The Morgan fingerprint density at radius 3 is 2.85 bits per heavy atom. The van der Waals surface area contributed by atoms with Crippen LogP contribution in [-0.4, -0.2) is 6.54 Å². The highest BCUT2D eigenvalue weighted by Gasteiger charge is 2.04. The maximum Gasteiger partial charge on any atom is 0.147 e. The number of rotatable bonds is 3. The summed E-state index contributed by atoms with van der Waals surface area (Å²) in [5.41, 5.74) is 1.46. The van der Waals surface area contributed by atoms with Gasteiger partial charge in [0.15, 0.2) is 0 Å². The van der Waals surface area contributed by atoms with Crippen LogP contribution in [0.5, 0.6) is 0 Å². The van der Waals surface area contributed by atoms with E-state index in [0.29, 0.717) is 12.2 Å². The van der Waals surface area contributed by atoms with Crippen LogP contribution in [0.25, 0.3) is 0 Å². The number of para-hydroxylation sites is 1. The lowest BCUT2D eigenvalue weighted by Crippen LogP contribution is -2.04. The van der Waals surface area contributed by atoms with Crippen LogP contribution in [0.4, 0.5) is 10.1 Å². The van der Waals surface area contributed by atoms with Crippen molar-refractivity contribution in [2.24, 2.45) is 0 Å². The molecule has 13 heavy (non-hydrogen) atoms. The Labute approximate surface area is 85.8 Å². The molecule has 70 valence electrons. The molecule has 0 aliphatic heterocycles. The molecule has 0 unspecified atom stereocenters. The lowest BCUT2D eigenvalue weighted by atomic mass is 10.3. The Hall–Kier alpha value is -0.830. The first-order valence-electron chi connectivity index (χ1n) is 3.93. The second-order valence-corrected chi connectivity index (χ2v) is 3.76. The van der Waals surface area contributed by atoms with Gasteiger partial charge in [0.1, 0.15) is 5.82 Å². The highest BCUT2D eigenvalue weighted by molar-refractivity contribution is 9.10. The van der Waals surface area contributed by atoms with E-state index in [-0.39, 0.29) is 5.82 Å². The van der Waals surface area contributed by atoms with Gasteiger partial charge in [0.05, 0.1) is 5.69 Å². The van der Waals surface area contributed by atoms with E-state index in [2.05, 4.69) is 27.8 Å². The van der Waals surface area contributed by atoms with E-state index in [1.807, 2.05) is 6.92 Å². The van der Waals surface area contributed by atoms with Crippen LogP contribution in [0.3, 0.4) is 0 Å². The van der Waals surface area contributed by atoms with Gasteiger partial charge < -0.3 is 5.32 Å². The average molecular weight is 244 g/mol. The molecule has 0 heterocycles. The first-order chi connectivity index (χ1) is 6.11. The molecule has 1 N–H and O–H groups in total. The largest absolute Gasteiger partial charge is 0.378 e. The standard InChI is InChI=1S/C10H11BrFN/c1-7(2)6-13-10-8(11)4-3-5-9(10)12/h3-5,13H,1,6H2,2H3. The second-order valence-electron chi connectivity index (χ2n) is 2.91. The van der Waals surface area contributed by atoms with E-state index >= 15 is 0 Å². The average Bonchev–Trinajstić information content (AvgIpc) is 2.03. The van der Waals surface area contributed by atoms with Gasteiger partial charge in [-0.25, -0.2) is 4.39 Å².